The largest absolute Gasteiger partial charge is 0.356 e. The van der Waals surface area contributed by atoms with Crippen LogP contribution in [0.4, 0.5) is 0 Å². The summed E-state index contributed by atoms with van der Waals surface area (Å²) < 4.78 is 5.74. The van der Waals surface area contributed by atoms with Gasteiger partial charge in [0.05, 0.1) is 6.04 Å². The maximum atomic E-state index is 13.4. The fourth-order valence-electron chi connectivity index (χ4n) is 3.45. The van der Waals surface area contributed by atoms with Gasteiger partial charge in [-0.1, -0.05) is 74.0 Å². The van der Waals surface area contributed by atoms with Gasteiger partial charge >= 0.3 is 0 Å². The van der Waals surface area contributed by atoms with Crippen molar-refractivity contribution in [1.82, 2.24) is 10.2 Å². The number of hydrogen-bond acceptors (Lipinski definition) is 3. The van der Waals surface area contributed by atoms with E-state index in [0.717, 1.165) is 11.1 Å². The number of hydrogen-bond donors (Lipinski definition) is 1. The Hall–Kier alpha value is -2.66. The predicted octanol–water partition coefficient (Wildman–Crippen LogP) is 3.24. The lowest BCUT2D eigenvalue weighted by Gasteiger charge is -2.36. The van der Waals surface area contributed by atoms with Crippen LogP contribution in [0.15, 0.2) is 54.6 Å². The summed E-state index contributed by atoms with van der Waals surface area (Å²) in [4.78, 5) is 27.2. The van der Waals surface area contributed by atoms with E-state index >= 15 is 0 Å². The van der Waals surface area contributed by atoms with Crippen LogP contribution in [0, 0.1) is 12.8 Å². The first-order valence-corrected chi connectivity index (χ1v) is 9.74. The summed E-state index contributed by atoms with van der Waals surface area (Å²) in [7, 11) is 0. The van der Waals surface area contributed by atoms with Crippen molar-refractivity contribution in [1.29, 1.82) is 0 Å². The maximum absolute atomic E-state index is 13.4. The molecule has 0 unspecified atom stereocenters. The van der Waals surface area contributed by atoms with Gasteiger partial charge in [-0.3, -0.25) is 9.59 Å². The van der Waals surface area contributed by atoms with Gasteiger partial charge in [0.25, 0.3) is 5.91 Å². The summed E-state index contributed by atoms with van der Waals surface area (Å²) in [6, 6.07) is 17.2. The monoisotopic (exact) mass is 380 g/mol. The van der Waals surface area contributed by atoms with E-state index in [9.17, 15) is 9.59 Å². The number of morpholine rings is 1. The molecule has 2 aromatic rings. The van der Waals surface area contributed by atoms with Crippen LogP contribution in [0.25, 0.3) is 0 Å². The summed E-state index contributed by atoms with van der Waals surface area (Å²) >= 11 is 0. The minimum atomic E-state index is -0.732. The van der Waals surface area contributed by atoms with Gasteiger partial charge in [0, 0.05) is 13.1 Å². The molecular formula is C23H28N2O3. The molecule has 5 heteroatoms. The molecule has 148 valence electrons. The second kappa shape index (κ2) is 9.02. The molecule has 0 radical (unpaired) electrons. The van der Waals surface area contributed by atoms with Crippen LogP contribution in [-0.4, -0.2) is 36.0 Å². The smallest absolute Gasteiger partial charge is 0.254 e. The number of rotatable bonds is 6. The predicted molar refractivity (Wildman–Crippen MR) is 108 cm³/mol. The van der Waals surface area contributed by atoms with Crippen LogP contribution in [0.3, 0.4) is 0 Å². The Morgan fingerprint density at radius 2 is 1.82 bits per heavy atom. The van der Waals surface area contributed by atoms with Crippen LogP contribution in [0.1, 0.15) is 36.6 Å². The van der Waals surface area contributed by atoms with Crippen LogP contribution >= 0.6 is 0 Å². The Morgan fingerprint density at radius 3 is 2.46 bits per heavy atom. The SMILES string of the molecule is Cc1ccc(CN(CC(C)C)C(=O)[C@H]2OCC(=O)N[C@@H]2c2ccccc2)cc1. The molecule has 5 nitrogen and oxygen atoms in total. The normalized spacial score (nSPS) is 19.4. The van der Waals surface area contributed by atoms with E-state index in [1.165, 1.54) is 5.56 Å². The van der Waals surface area contributed by atoms with Crippen molar-refractivity contribution in [3.05, 3.63) is 71.3 Å². The second-order valence-corrected chi connectivity index (χ2v) is 7.79. The van der Waals surface area contributed by atoms with Gasteiger partial charge in [0.15, 0.2) is 6.10 Å². The van der Waals surface area contributed by atoms with Crippen LogP contribution < -0.4 is 5.32 Å². The third-order valence-corrected chi connectivity index (χ3v) is 4.81. The van der Waals surface area contributed by atoms with E-state index in [2.05, 4.69) is 31.3 Å². The van der Waals surface area contributed by atoms with Crippen LogP contribution in [0.2, 0.25) is 0 Å². The standard InChI is InChI=1S/C23H28N2O3/c1-16(2)13-25(14-18-11-9-17(3)10-12-18)23(27)22-21(24-20(26)15-28-22)19-7-5-4-6-8-19/h4-12,16,21-22H,13-15H2,1-3H3,(H,24,26)/t21-,22+/m1/s1. The third kappa shape index (κ3) is 4.98. The molecule has 1 fully saturated rings. The molecule has 2 atom stereocenters. The molecular weight excluding hydrogens is 352 g/mol. The number of carbonyl (C=O) groups is 2. The first-order chi connectivity index (χ1) is 13.4. The van der Waals surface area contributed by atoms with Crippen molar-refractivity contribution in [2.45, 2.75) is 39.5 Å². The van der Waals surface area contributed by atoms with E-state index in [0.29, 0.717) is 19.0 Å². The molecule has 1 aliphatic heterocycles. The van der Waals surface area contributed by atoms with Gasteiger partial charge in [-0.15, -0.1) is 0 Å². The molecule has 0 aromatic heterocycles. The van der Waals surface area contributed by atoms with E-state index in [1.807, 2.05) is 54.3 Å². The van der Waals surface area contributed by atoms with Gasteiger partial charge in [-0.2, -0.15) is 0 Å². The zero-order valence-electron chi connectivity index (χ0n) is 16.7. The lowest BCUT2D eigenvalue weighted by Crippen LogP contribution is -2.53. The van der Waals surface area contributed by atoms with Gasteiger partial charge in [0.1, 0.15) is 6.61 Å². The molecule has 28 heavy (non-hydrogen) atoms. The van der Waals surface area contributed by atoms with Crippen molar-refractivity contribution < 1.29 is 14.3 Å². The highest BCUT2D eigenvalue weighted by molar-refractivity contribution is 5.86. The number of ether oxygens (including phenoxy) is 1. The van der Waals surface area contributed by atoms with Gasteiger partial charge in [0.2, 0.25) is 5.91 Å². The summed E-state index contributed by atoms with van der Waals surface area (Å²) in [5.41, 5.74) is 3.14. The van der Waals surface area contributed by atoms with Crippen LogP contribution in [0.5, 0.6) is 0 Å². The average Bonchev–Trinajstić information content (AvgIpc) is 2.69. The van der Waals surface area contributed by atoms with E-state index < -0.39 is 12.1 Å². The molecule has 2 aromatic carbocycles. The molecule has 0 spiro atoms. The number of aryl methyl sites for hydroxylation is 1. The summed E-state index contributed by atoms with van der Waals surface area (Å²) in [6.07, 6.45) is -0.732. The Balaban J connectivity index is 1.84. The zero-order chi connectivity index (χ0) is 20.1. The van der Waals surface area contributed by atoms with Crippen molar-refractivity contribution in [2.75, 3.05) is 13.2 Å². The van der Waals surface area contributed by atoms with Gasteiger partial charge in [-0.05, 0) is 24.0 Å². The Kier molecular flexibility index (Phi) is 6.47. The van der Waals surface area contributed by atoms with Crippen molar-refractivity contribution in [2.24, 2.45) is 5.92 Å². The van der Waals surface area contributed by atoms with Gasteiger partial charge in [-0.25, -0.2) is 0 Å². The number of nitrogens with zero attached hydrogens (tertiary/aromatic N) is 1. The van der Waals surface area contributed by atoms with Crippen molar-refractivity contribution in [3.8, 4) is 0 Å². The summed E-state index contributed by atoms with van der Waals surface area (Å²) in [5, 5.41) is 2.93. The molecule has 0 aliphatic carbocycles. The quantitative estimate of drug-likeness (QED) is 0.837. The molecule has 0 saturated carbocycles. The average molecular weight is 380 g/mol. The number of amides is 2. The second-order valence-electron chi connectivity index (χ2n) is 7.79. The molecule has 1 N–H and O–H groups in total. The molecule has 0 bridgehead atoms. The Bertz CT molecular complexity index is 802. The van der Waals surface area contributed by atoms with E-state index in [4.69, 9.17) is 4.74 Å². The first kappa shape index (κ1) is 20.1. The molecule has 2 amide bonds. The van der Waals surface area contributed by atoms with Crippen molar-refractivity contribution in [3.63, 3.8) is 0 Å². The molecule has 3 rings (SSSR count). The highest BCUT2D eigenvalue weighted by atomic mass is 16.5. The van der Waals surface area contributed by atoms with Gasteiger partial charge < -0.3 is 15.0 Å². The number of benzene rings is 2. The molecule has 1 heterocycles. The summed E-state index contributed by atoms with van der Waals surface area (Å²) in [6.45, 7) is 7.28. The zero-order valence-corrected chi connectivity index (χ0v) is 16.7. The van der Waals surface area contributed by atoms with E-state index in [-0.39, 0.29) is 18.4 Å². The number of carbonyl (C=O) groups excluding carboxylic acids is 2. The lowest BCUT2D eigenvalue weighted by atomic mass is 9.98. The Labute approximate surface area is 166 Å². The fourth-order valence-corrected chi connectivity index (χ4v) is 3.45. The fraction of sp³-hybridized carbons (Fsp3) is 0.391. The van der Waals surface area contributed by atoms with Crippen molar-refractivity contribution >= 4 is 11.8 Å². The van der Waals surface area contributed by atoms with E-state index in [1.54, 1.807) is 0 Å². The molecule has 1 saturated heterocycles. The minimum absolute atomic E-state index is 0.0943. The Morgan fingerprint density at radius 1 is 1.14 bits per heavy atom. The summed E-state index contributed by atoms with van der Waals surface area (Å²) in [5.74, 6) is 0.0257. The molecule has 1 aliphatic rings. The third-order valence-electron chi connectivity index (χ3n) is 4.81. The van der Waals surface area contributed by atoms with Crippen LogP contribution in [-0.2, 0) is 20.9 Å². The number of nitrogens with one attached hydrogen (secondary N) is 1. The lowest BCUT2D eigenvalue weighted by molar-refractivity contribution is -0.156. The topological polar surface area (TPSA) is 58.6 Å². The highest BCUT2D eigenvalue weighted by Gasteiger charge is 2.38. The maximum Gasteiger partial charge on any atom is 0.254 e. The minimum Gasteiger partial charge on any atom is -0.356 e. The first-order valence-electron chi connectivity index (χ1n) is 9.74. The highest BCUT2D eigenvalue weighted by Crippen LogP contribution is 2.25.